The van der Waals surface area contributed by atoms with Gasteiger partial charge < -0.3 is 10.1 Å². The first-order chi connectivity index (χ1) is 9.91. The van der Waals surface area contributed by atoms with Crippen LogP contribution < -0.4 is 5.32 Å². The second kappa shape index (κ2) is 9.04. The maximum Gasteiger partial charge on any atom is 0.326 e. The summed E-state index contributed by atoms with van der Waals surface area (Å²) in [7, 11) is 0. The molecule has 21 heavy (non-hydrogen) atoms. The average molecular weight is 316 g/mol. The Morgan fingerprint density at radius 1 is 1.43 bits per heavy atom. The minimum Gasteiger partial charge on any atom is -0.465 e. The first-order valence-corrected chi connectivity index (χ1v) is 9.43. The van der Waals surface area contributed by atoms with E-state index in [0.29, 0.717) is 11.9 Å². The summed E-state index contributed by atoms with van der Waals surface area (Å²) >= 11 is 2.06. The van der Waals surface area contributed by atoms with Gasteiger partial charge in [0.05, 0.1) is 6.61 Å². The fourth-order valence-electron chi connectivity index (χ4n) is 3.36. The van der Waals surface area contributed by atoms with Crippen LogP contribution in [0.4, 0.5) is 0 Å². The van der Waals surface area contributed by atoms with Gasteiger partial charge in [-0.1, -0.05) is 33.6 Å². The van der Waals surface area contributed by atoms with E-state index in [1.54, 1.807) is 0 Å². The highest BCUT2D eigenvalue weighted by molar-refractivity contribution is 8.00. The highest BCUT2D eigenvalue weighted by Gasteiger charge is 2.36. The van der Waals surface area contributed by atoms with Gasteiger partial charge in [0.25, 0.3) is 0 Å². The van der Waals surface area contributed by atoms with Crippen molar-refractivity contribution in [2.75, 3.05) is 13.2 Å². The lowest BCUT2D eigenvalue weighted by Gasteiger charge is -2.33. The van der Waals surface area contributed by atoms with Gasteiger partial charge in [0.1, 0.15) is 5.54 Å². The van der Waals surface area contributed by atoms with E-state index in [4.69, 9.17) is 4.74 Å². The van der Waals surface area contributed by atoms with Crippen LogP contribution in [0.3, 0.4) is 0 Å². The molecule has 0 spiro atoms. The van der Waals surface area contributed by atoms with Gasteiger partial charge in [-0.15, -0.1) is 0 Å². The highest BCUT2D eigenvalue weighted by atomic mass is 32.2. The molecule has 124 valence electrons. The van der Waals surface area contributed by atoms with Crippen molar-refractivity contribution in [2.45, 2.75) is 82.8 Å². The van der Waals surface area contributed by atoms with Crippen LogP contribution in [0.5, 0.6) is 0 Å². The molecule has 0 saturated heterocycles. The highest BCUT2D eigenvalue weighted by Crippen LogP contribution is 2.36. The Morgan fingerprint density at radius 2 is 2.14 bits per heavy atom. The van der Waals surface area contributed by atoms with Crippen molar-refractivity contribution in [2.24, 2.45) is 5.92 Å². The van der Waals surface area contributed by atoms with Gasteiger partial charge in [-0.25, -0.2) is 0 Å². The lowest BCUT2D eigenvalue weighted by atomic mass is 9.90. The predicted octanol–water partition coefficient (Wildman–Crippen LogP) is 4.01. The van der Waals surface area contributed by atoms with E-state index in [1.807, 2.05) is 20.8 Å². The van der Waals surface area contributed by atoms with Gasteiger partial charge in [0.15, 0.2) is 0 Å². The Morgan fingerprint density at radius 3 is 2.71 bits per heavy atom. The number of likely N-dealkylation sites (N-methyl/N-ethyl adjacent to an activating group) is 1. The summed E-state index contributed by atoms with van der Waals surface area (Å²) in [5.74, 6) is 0.741. The molecule has 0 aromatic rings. The number of carbonyl (C=O) groups excluding carboxylic acids is 1. The summed E-state index contributed by atoms with van der Waals surface area (Å²) in [6, 6.07) is 0. The number of hydrogen-bond acceptors (Lipinski definition) is 4. The van der Waals surface area contributed by atoms with Gasteiger partial charge in [0, 0.05) is 10.5 Å². The van der Waals surface area contributed by atoms with Crippen LogP contribution in [0.1, 0.15) is 66.7 Å². The molecule has 0 aromatic heterocycles. The van der Waals surface area contributed by atoms with Gasteiger partial charge in [-0.05, 0) is 45.6 Å². The minimum atomic E-state index is -0.558. The Labute approximate surface area is 135 Å². The second-order valence-corrected chi connectivity index (χ2v) is 8.37. The number of ether oxygens (including phenoxy) is 1. The van der Waals surface area contributed by atoms with Gasteiger partial charge in [-0.3, -0.25) is 4.79 Å². The number of hydrogen-bond donors (Lipinski definition) is 1. The largest absolute Gasteiger partial charge is 0.465 e. The van der Waals surface area contributed by atoms with Gasteiger partial charge in [0.2, 0.25) is 0 Å². The number of carbonyl (C=O) groups is 1. The van der Waals surface area contributed by atoms with Crippen molar-refractivity contribution in [3.8, 4) is 0 Å². The van der Waals surface area contributed by atoms with Crippen LogP contribution >= 0.6 is 11.8 Å². The van der Waals surface area contributed by atoms with Crippen molar-refractivity contribution < 1.29 is 9.53 Å². The minimum absolute atomic E-state index is 0.115. The fraction of sp³-hybridized carbons (Fsp3) is 0.941. The first kappa shape index (κ1) is 18.8. The molecular weight excluding hydrogens is 282 g/mol. The smallest absolute Gasteiger partial charge is 0.326 e. The summed E-state index contributed by atoms with van der Waals surface area (Å²) in [4.78, 5) is 12.2. The summed E-state index contributed by atoms with van der Waals surface area (Å²) in [6.07, 6.45) is 6.22. The molecule has 0 aromatic carbocycles. The van der Waals surface area contributed by atoms with Crippen molar-refractivity contribution in [1.29, 1.82) is 0 Å². The normalized spacial score (nSPS) is 26.9. The monoisotopic (exact) mass is 315 g/mol. The summed E-state index contributed by atoms with van der Waals surface area (Å²) in [6.45, 7) is 11.7. The Kier molecular flexibility index (Phi) is 8.10. The zero-order chi connectivity index (χ0) is 15.9. The molecule has 0 amide bonds. The van der Waals surface area contributed by atoms with Crippen LogP contribution in [-0.2, 0) is 9.53 Å². The SMILES string of the molecule is CCNC(C)(CC(C)SC1CCCC(C)C1)C(=O)OCC. The van der Waals surface area contributed by atoms with Crippen molar-refractivity contribution in [3.05, 3.63) is 0 Å². The molecule has 1 rings (SSSR count). The Balaban J connectivity index is 2.55. The topological polar surface area (TPSA) is 38.3 Å². The van der Waals surface area contributed by atoms with Crippen LogP contribution in [0.15, 0.2) is 0 Å². The van der Waals surface area contributed by atoms with Crippen LogP contribution in [-0.4, -0.2) is 35.2 Å². The first-order valence-electron chi connectivity index (χ1n) is 8.49. The van der Waals surface area contributed by atoms with Crippen LogP contribution in [0, 0.1) is 5.92 Å². The van der Waals surface area contributed by atoms with Crippen molar-refractivity contribution in [1.82, 2.24) is 5.32 Å². The third-order valence-electron chi connectivity index (χ3n) is 4.30. The Bertz CT molecular complexity index is 324. The lowest BCUT2D eigenvalue weighted by molar-refractivity contribution is -0.150. The number of rotatable bonds is 8. The van der Waals surface area contributed by atoms with E-state index in [2.05, 4.69) is 30.9 Å². The molecule has 0 aliphatic heterocycles. The molecule has 1 aliphatic carbocycles. The molecular formula is C17H33NO2S. The standard InChI is InChI=1S/C17H33NO2S/c1-6-18-17(5,16(19)20-7-2)12-14(4)21-15-10-8-9-13(3)11-15/h13-15,18H,6-12H2,1-5H3. The summed E-state index contributed by atoms with van der Waals surface area (Å²) in [5, 5.41) is 4.56. The molecule has 1 fully saturated rings. The molecule has 3 nitrogen and oxygen atoms in total. The maximum absolute atomic E-state index is 12.2. The zero-order valence-corrected chi connectivity index (χ0v) is 15.2. The molecule has 4 atom stereocenters. The number of esters is 1. The molecule has 1 N–H and O–H groups in total. The van der Waals surface area contributed by atoms with Crippen LogP contribution in [0.2, 0.25) is 0 Å². The molecule has 0 heterocycles. The zero-order valence-electron chi connectivity index (χ0n) is 14.4. The van der Waals surface area contributed by atoms with Gasteiger partial charge in [-0.2, -0.15) is 11.8 Å². The van der Waals surface area contributed by atoms with Gasteiger partial charge >= 0.3 is 5.97 Å². The van der Waals surface area contributed by atoms with E-state index >= 15 is 0 Å². The van der Waals surface area contributed by atoms with E-state index in [1.165, 1.54) is 25.7 Å². The molecule has 1 saturated carbocycles. The molecule has 4 unspecified atom stereocenters. The van der Waals surface area contributed by atoms with Crippen molar-refractivity contribution >= 4 is 17.7 Å². The van der Waals surface area contributed by atoms with E-state index in [9.17, 15) is 4.79 Å². The summed E-state index contributed by atoms with van der Waals surface area (Å²) < 4.78 is 5.26. The number of nitrogens with one attached hydrogen (secondary N) is 1. The second-order valence-electron chi connectivity index (χ2n) is 6.63. The predicted molar refractivity (Wildman–Crippen MR) is 91.8 cm³/mol. The van der Waals surface area contributed by atoms with E-state index < -0.39 is 5.54 Å². The third kappa shape index (κ3) is 6.19. The van der Waals surface area contributed by atoms with Crippen LogP contribution in [0.25, 0.3) is 0 Å². The number of thioether (sulfide) groups is 1. The molecule has 0 bridgehead atoms. The third-order valence-corrected chi connectivity index (χ3v) is 5.75. The lowest BCUT2D eigenvalue weighted by Crippen LogP contribution is -2.52. The average Bonchev–Trinajstić information content (AvgIpc) is 2.38. The maximum atomic E-state index is 12.2. The van der Waals surface area contributed by atoms with E-state index in [0.717, 1.165) is 24.1 Å². The fourth-order valence-corrected chi connectivity index (χ4v) is 5.19. The summed E-state index contributed by atoms with van der Waals surface area (Å²) in [5.41, 5.74) is -0.558. The van der Waals surface area contributed by atoms with E-state index in [-0.39, 0.29) is 5.97 Å². The van der Waals surface area contributed by atoms with Crippen molar-refractivity contribution in [3.63, 3.8) is 0 Å². The molecule has 1 aliphatic rings. The molecule has 0 radical (unpaired) electrons. The quantitative estimate of drug-likeness (QED) is 0.687. The molecule has 4 heteroatoms. The Hall–Kier alpha value is -0.220.